The zero-order valence-corrected chi connectivity index (χ0v) is 10.2. The van der Waals surface area contributed by atoms with E-state index >= 15 is 0 Å². The molecule has 0 bridgehead atoms. The first kappa shape index (κ1) is 12.7. The van der Waals surface area contributed by atoms with Gasteiger partial charge in [0.25, 0.3) is 0 Å². The maximum Gasteiger partial charge on any atom is 0.322 e. The molecule has 0 N–H and O–H groups in total. The lowest BCUT2D eigenvalue weighted by atomic mass is 10.2. The Balaban J connectivity index is 2.08. The van der Waals surface area contributed by atoms with Crippen LogP contribution in [0.5, 0.6) is 6.01 Å². The fourth-order valence-corrected chi connectivity index (χ4v) is 1.41. The van der Waals surface area contributed by atoms with Crippen LogP contribution in [0.15, 0.2) is 48.5 Å². The van der Waals surface area contributed by atoms with Crippen LogP contribution in [-0.4, -0.2) is 14.9 Å². The Morgan fingerprint density at radius 3 is 2.47 bits per heavy atom. The lowest BCUT2D eigenvalue weighted by Crippen LogP contribution is -1.97. The molecular formula is C13H11N3O3. The van der Waals surface area contributed by atoms with Gasteiger partial charge in [-0.2, -0.15) is 9.97 Å². The molecule has 0 aliphatic carbocycles. The van der Waals surface area contributed by atoms with Crippen LogP contribution in [0.4, 0.5) is 5.69 Å². The van der Waals surface area contributed by atoms with Crippen LogP contribution >= 0.6 is 0 Å². The fraction of sp³-hybridized carbons (Fsp3) is 0.0769. The maximum atomic E-state index is 10.4. The van der Waals surface area contributed by atoms with Crippen LogP contribution < -0.4 is 4.74 Å². The van der Waals surface area contributed by atoms with Gasteiger partial charge in [0.1, 0.15) is 18.2 Å². The highest BCUT2D eigenvalue weighted by atomic mass is 16.6. The Hall–Kier alpha value is -2.76. The molecule has 0 saturated carbocycles. The Morgan fingerprint density at radius 2 is 1.89 bits per heavy atom. The van der Waals surface area contributed by atoms with Crippen molar-refractivity contribution >= 4 is 11.8 Å². The van der Waals surface area contributed by atoms with Gasteiger partial charge in [-0.3, -0.25) is 10.1 Å². The summed E-state index contributed by atoms with van der Waals surface area (Å²) in [5, 5.41) is 10.4. The van der Waals surface area contributed by atoms with Gasteiger partial charge in [0.15, 0.2) is 0 Å². The molecule has 0 radical (unpaired) electrons. The van der Waals surface area contributed by atoms with Crippen molar-refractivity contribution in [2.45, 2.75) is 6.92 Å². The second-order valence-electron chi connectivity index (χ2n) is 3.75. The molecule has 0 aliphatic heterocycles. The van der Waals surface area contributed by atoms with Crippen LogP contribution in [0.2, 0.25) is 0 Å². The molecule has 0 amide bonds. The second kappa shape index (κ2) is 5.72. The van der Waals surface area contributed by atoms with Crippen LogP contribution in [0.3, 0.4) is 0 Å². The summed E-state index contributed by atoms with van der Waals surface area (Å²) in [6.45, 7) is 1.76. The standard InChI is InChI=1S/C13H11N3O3/c1-10(7-11-5-3-2-4-6-11)19-13-14-8-12(9-15-13)16(17)18/h2-9H,1H3/b10-7+. The molecule has 6 nitrogen and oxygen atoms in total. The van der Waals surface area contributed by atoms with Crippen molar-refractivity contribution in [1.29, 1.82) is 0 Å². The van der Waals surface area contributed by atoms with E-state index in [2.05, 4.69) is 9.97 Å². The van der Waals surface area contributed by atoms with Crippen molar-refractivity contribution in [2.75, 3.05) is 0 Å². The zero-order chi connectivity index (χ0) is 13.7. The first-order valence-electron chi connectivity index (χ1n) is 5.53. The lowest BCUT2D eigenvalue weighted by molar-refractivity contribution is -0.385. The number of nitro groups is 1. The summed E-state index contributed by atoms with van der Waals surface area (Å²) in [5.41, 5.74) is 0.818. The SMILES string of the molecule is C/C(=C\c1ccccc1)Oc1ncc([N+](=O)[O-])cn1. The number of hydrogen-bond donors (Lipinski definition) is 0. The molecule has 96 valence electrons. The Morgan fingerprint density at radius 1 is 1.26 bits per heavy atom. The summed E-state index contributed by atoms with van der Waals surface area (Å²) >= 11 is 0. The molecule has 2 aromatic rings. The average molecular weight is 257 g/mol. The molecule has 0 unspecified atom stereocenters. The third-order valence-corrected chi connectivity index (χ3v) is 2.25. The number of benzene rings is 1. The van der Waals surface area contributed by atoms with Crippen molar-refractivity contribution < 1.29 is 9.66 Å². The summed E-state index contributed by atoms with van der Waals surface area (Å²) in [6.07, 6.45) is 4.04. The van der Waals surface area contributed by atoms with E-state index in [1.54, 1.807) is 6.92 Å². The summed E-state index contributed by atoms with van der Waals surface area (Å²) in [6, 6.07) is 9.71. The van der Waals surface area contributed by atoms with Crippen LogP contribution in [-0.2, 0) is 0 Å². The van der Waals surface area contributed by atoms with Gasteiger partial charge in [0.2, 0.25) is 0 Å². The molecule has 6 heteroatoms. The van der Waals surface area contributed by atoms with Gasteiger partial charge in [0, 0.05) is 0 Å². The van der Waals surface area contributed by atoms with Gasteiger partial charge >= 0.3 is 11.7 Å². The van der Waals surface area contributed by atoms with E-state index in [0.29, 0.717) is 5.76 Å². The highest BCUT2D eigenvalue weighted by molar-refractivity contribution is 5.50. The Kier molecular flexibility index (Phi) is 3.82. The number of allylic oxidation sites excluding steroid dienone is 1. The van der Waals surface area contributed by atoms with E-state index < -0.39 is 4.92 Å². The van der Waals surface area contributed by atoms with Gasteiger partial charge in [-0.05, 0) is 18.6 Å². The van der Waals surface area contributed by atoms with Gasteiger partial charge in [-0.15, -0.1) is 0 Å². The number of nitrogens with zero attached hydrogens (tertiary/aromatic N) is 3. The molecule has 2 rings (SSSR count). The predicted octanol–water partition coefficient (Wildman–Crippen LogP) is 2.82. The summed E-state index contributed by atoms with van der Waals surface area (Å²) in [5.74, 6) is 0.597. The lowest BCUT2D eigenvalue weighted by Gasteiger charge is -2.03. The molecule has 0 fully saturated rings. The average Bonchev–Trinajstić information content (AvgIpc) is 2.40. The maximum absolute atomic E-state index is 10.4. The minimum absolute atomic E-state index is 0.0790. The van der Waals surface area contributed by atoms with E-state index in [0.717, 1.165) is 18.0 Å². The topological polar surface area (TPSA) is 78.2 Å². The van der Waals surface area contributed by atoms with Crippen molar-refractivity contribution in [2.24, 2.45) is 0 Å². The normalized spacial score (nSPS) is 11.1. The zero-order valence-electron chi connectivity index (χ0n) is 10.2. The van der Waals surface area contributed by atoms with E-state index in [-0.39, 0.29) is 11.7 Å². The second-order valence-corrected chi connectivity index (χ2v) is 3.75. The van der Waals surface area contributed by atoms with Crippen LogP contribution in [0, 0.1) is 10.1 Å². The van der Waals surface area contributed by atoms with Gasteiger partial charge < -0.3 is 4.74 Å². The Bertz CT molecular complexity index is 594. The first-order chi connectivity index (χ1) is 9.15. The Labute approximate surface area is 109 Å². The van der Waals surface area contributed by atoms with Crippen molar-refractivity contribution in [3.63, 3.8) is 0 Å². The molecule has 19 heavy (non-hydrogen) atoms. The monoisotopic (exact) mass is 257 g/mol. The quantitative estimate of drug-likeness (QED) is 0.478. The number of ether oxygens (including phenoxy) is 1. The number of aromatic nitrogens is 2. The van der Waals surface area contributed by atoms with Crippen molar-refractivity contribution in [3.05, 3.63) is 64.2 Å². The first-order valence-corrected chi connectivity index (χ1v) is 5.53. The van der Waals surface area contributed by atoms with Gasteiger partial charge in [0.05, 0.1) is 4.92 Å². The van der Waals surface area contributed by atoms with E-state index in [4.69, 9.17) is 4.74 Å². The molecular weight excluding hydrogens is 246 g/mol. The highest BCUT2D eigenvalue weighted by Crippen LogP contribution is 2.13. The smallest absolute Gasteiger partial charge is 0.322 e. The summed E-state index contributed by atoms with van der Waals surface area (Å²) in [7, 11) is 0. The highest BCUT2D eigenvalue weighted by Gasteiger charge is 2.07. The van der Waals surface area contributed by atoms with Crippen LogP contribution in [0.1, 0.15) is 12.5 Å². The minimum atomic E-state index is -0.559. The summed E-state index contributed by atoms with van der Waals surface area (Å²) < 4.78 is 5.37. The molecule has 1 heterocycles. The minimum Gasteiger partial charge on any atom is -0.429 e. The van der Waals surface area contributed by atoms with E-state index in [1.165, 1.54) is 0 Å². The number of hydrogen-bond acceptors (Lipinski definition) is 5. The number of rotatable bonds is 4. The predicted molar refractivity (Wildman–Crippen MR) is 69.4 cm³/mol. The molecule has 0 saturated heterocycles. The van der Waals surface area contributed by atoms with Crippen molar-refractivity contribution in [1.82, 2.24) is 9.97 Å². The summed E-state index contributed by atoms with van der Waals surface area (Å²) in [4.78, 5) is 17.4. The third-order valence-electron chi connectivity index (χ3n) is 2.25. The van der Waals surface area contributed by atoms with Gasteiger partial charge in [-0.25, -0.2) is 0 Å². The fourth-order valence-electron chi connectivity index (χ4n) is 1.41. The van der Waals surface area contributed by atoms with E-state index in [9.17, 15) is 10.1 Å². The molecule has 0 spiro atoms. The molecule has 0 aliphatic rings. The molecule has 0 atom stereocenters. The van der Waals surface area contributed by atoms with E-state index in [1.807, 2.05) is 36.4 Å². The van der Waals surface area contributed by atoms with Crippen molar-refractivity contribution in [3.8, 4) is 6.01 Å². The van der Waals surface area contributed by atoms with Crippen LogP contribution in [0.25, 0.3) is 6.08 Å². The molecule has 1 aromatic heterocycles. The third kappa shape index (κ3) is 3.60. The van der Waals surface area contributed by atoms with Gasteiger partial charge in [-0.1, -0.05) is 30.3 Å². The largest absolute Gasteiger partial charge is 0.429 e. The molecule has 1 aromatic carbocycles.